The zero-order chi connectivity index (χ0) is 32.7. The lowest BCUT2D eigenvalue weighted by Crippen LogP contribution is -2.49. The Kier molecular flexibility index (Phi) is 8.39. The molecule has 0 unspecified atom stereocenters. The number of fused-ring (bicyclic) bond motifs is 3. The molecule has 0 saturated heterocycles. The van der Waals surface area contributed by atoms with Gasteiger partial charge in [-0.2, -0.15) is 4.98 Å². The van der Waals surface area contributed by atoms with Gasteiger partial charge in [0.05, 0.1) is 29.8 Å². The molecule has 0 radical (unpaired) electrons. The fraction of sp³-hybridized carbons (Fsp3) is 0.441. The lowest BCUT2D eigenvalue weighted by atomic mass is 9.93. The number of carboxylic acids is 1. The summed E-state index contributed by atoms with van der Waals surface area (Å²) in [6, 6.07) is 6.47. The van der Waals surface area contributed by atoms with Crippen molar-refractivity contribution in [2.75, 3.05) is 20.7 Å². The number of amides is 2. The quantitative estimate of drug-likeness (QED) is 0.382. The Bertz CT molecular complexity index is 1730. The fourth-order valence-corrected chi connectivity index (χ4v) is 6.76. The van der Waals surface area contributed by atoms with Crippen molar-refractivity contribution in [2.24, 2.45) is 17.8 Å². The molecule has 2 heterocycles. The van der Waals surface area contributed by atoms with Gasteiger partial charge in [-0.1, -0.05) is 12.2 Å². The molecule has 0 spiro atoms. The summed E-state index contributed by atoms with van der Waals surface area (Å²) in [6.45, 7) is 2.32. The van der Waals surface area contributed by atoms with Gasteiger partial charge in [0.25, 0.3) is 0 Å². The van der Waals surface area contributed by atoms with E-state index in [2.05, 4.69) is 15.3 Å². The SMILES string of the molecule is COc1ccc2c(O[C@@H]3C[C@H]4C(=O)N[C@]5(C(=O)O)C[C@H]5C=CCCCCN(C)C(=O)[C@@H]4C3)nc(-c3cc(F)cc(F)c3)nc2c1C. The van der Waals surface area contributed by atoms with Crippen molar-refractivity contribution in [2.45, 2.75) is 57.1 Å². The molecular formula is C34H36F2N4O6. The summed E-state index contributed by atoms with van der Waals surface area (Å²) in [5.41, 5.74) is -0.183. The highest BCUT2D eigenvalue weighted by Crippen LogP contribution is 2.46. The van der Waals surface area contributed by atoms with Gasteiger partial charge in [0.2, 0.25) is 17.7 Å². The number of methoxy groups -OCH3 is 1. The van der Waals surface area contributed by atoms with E-state index in [9.17, 15) is 28.3 Å². The van der Waals surface area contributed by atoms with E-state index in [4.69, 9.17) is 9.47 Å². The van der Waals surface area contributed by atoms with E-state index in [0.29, 0.717) is 28.8 Å². The first-order valence-electron chi connectivity index (χ1n) is 15.5. The Morgan fingerprint density at radius 2 is 1.83 bits per heavy atom. The van der Waals surface area contributed by atoms with E-state index in [1.807, 2.05) is 12.2 Å². The molecular weight excluding hydrogens is 598 g/mol. The second-order valence-electron chi connectivity index (χ2n) is 12.5. The summed E-state index contributed by atoms with van der Waals surface area (Å²) in [4.78, 5) is 50.6. The highest BCUT2D eigenvalue weighted by molar-refractivity contribution is 5.94. The topological polar surface area (TPSA) is 131 Å². The fourth-order valence-electron chi connectivity index (χ4n) is 6.76. The molecule has 0 bridgehead atoms. The van der Waals surface area contributed by atoms with Crippen molar-refractivity contribution in [3.63, 3.8) is 0 Å². The molecule has 3 aliphatic rings. The lowest BCUT2D eigenvalue weighted by Gasteiger charge is -2.26. The van der Waals surface area contributed by atoms with Crippen LogP contribution in [0.15, 0.2) is 42.5 Å². The van der Waals surface area contributed by atoms with Crippen molar-refractivity contribution < 1.29 is 37.7 Å². The van der Waals surface area contributed by atoms with Gasteiger partial charge in [-0.3, -0.25) is 9.59 Å². The molecule has 1 aliphatic heterocycles. The summed E-state index contributed by atoms with van der Waals surface area (Å²) >= 11 is 0. The molecule has 3 aromatic rings. The number of halogens is 2. The molecule has 2 amide bonds. The number of rotatable bonds is 5. The average Bonchev–Trinajstić information content (AvgIpc) is 3.55. The first kappa shape index (κ1) is 31.4. The number of carbonyl (C=O) groups is 3. The highest BCUT2D eigenvalue weighted by atomic mass is 19.1. The molecule has 1 aromatic heterocycles. The number of hydrogen-bond donors (Lipinski definition) is 2. The highest BCUT2D eigenvalue weighted by Gasteiger charge is 2.61. The number of aryl methyl sites for hydroxylation is 1. The van der Waals surface area contributed by atoms with Crippen molar-refractivity contribution in [1.82, 2.24) is 20.2 Å². The van der Waals surface area contributed by atoms with E-state index in [1.165, 1.54) is 7.11 Å². The summed E-state index contributed by atoms with van der Waals surface area (Å²) in [5, 5.41) is 13.3. The Balaban J connectivity index is 1.36. The van der Waals surface area contributed by atoms with Gasteiger partial charge in [0.15, 0.2) is 5.82 Å². The minimum Gasteiger partial charge on any atom is -0.496 e. The van der Waals surface area contributed by atoms with Crippen LogP contribution in [0.5, 0.6) is 11.6 Å². The maximum atomic E-state index is 14.2. The number of nitrogens with one attached hydrogen (secondary N) is 1. The molecule has 242 valence electrons. The van der Waals surface area contributed by atoms with E-state index in [-0.39, 0.29) is 48.4 Å². The lowest BCUT2D eigenvalue weighted by molar-refractivity contribution is -0.145. The van der Waals surface area contributed by atoms with Gasteiger partial charge in [-0.25, -0.2) is 18.6 Å². The van der Waals surface area contributed by atoms with Crippen LogP contribution >= 0.6 is 0 Å². The monoisotopic (exact) mass is 634 g/mol. The van der Waals surface area contributed by atoms with Crippen molar-refractivity contribution in [3.8, 4) is 23.0 Å². The van der Waals surface area contributed by atoms with Crippen LogP contribution < -0.4 is 14.8 Å². The Hall–Kier alpha value is -4.61. The Labute approximate surface area is 264 Å². The van der Waals surface area contributed by atoms with Crippen LogP contribution in [-0.2, 0) is 14.4 Å². The molecule has 10 nitrogen and oxygen atoms in total. The summed E-state index contributed by atoms with van der Waals surface area (Å²) < 4.78 is 40.3. The van der Waals surface area contributed by atoms with Crippen LogP contribution in [0.1, 0.15) is 44.1 Å². The van der Waals surface area contributed by atoms with Crippen LogP contribution in [0.25, 0.3) is 22.3 Å². The largest absolute Gasteiger partial charge is 0.496 e. The third-order valence-corrected chi connectivity index (χ3v) is 9.43. The molecule has 2 aromatic carbocycles. The van der Waals surface area contributed by atoms with Gasteiger partial charge in [-0.05, 0) is 69.7 Å². The van der Waals surface area contributed by atoms with E-state index in [0.717, 1.165) is 37.5 Å². The molecule has 12 heteroatoms. The summed E-state index contributed by atoms with van der Waals surface area (Å²) in [5.74, 6) is -4.60. The second-order valence-corrected chi connectivity index (χ2v) is 12.5. The predicted octanol–water partition coefficient (Wildman–Crippen LogP) is 4.82. The van der Waals surface area contributed by atoms with Gasteiger partial charge in [0.1, 0.15) is 29.0 Å². The van der Waals surface area contributed by atoms with Gasteiger partial charge in [-0.15, -0.1) is 0 Å². The first-order valence-corrected chi connectivity index (χ1v) is 15.5. The smallest absolute Gasteiger partial charge is 0.330 e. The molecule has 46 heavy (non-hydrogen) atoms. The van der Waals surface area contributed by atoms with Gasteiger partial charge in [0, 0.05) is 36.7 Å². The number of benzene rings is 2. The van der Waals surface area contributed by atoms with E-state index in [1.54, 1.807) is 31.0 Å². The minimum atomic E-state index is -1.40. The van der Waals surface area contributed by atoms with Crippen LogP contribution in [0.2, 0.25) is 0 Å². The van der Waals surface area contributed by atoms with E-state index >= 15 is 0 Å². The van der Waals surface area contributed by atoms with Crippen LogP contribution in [0.4, 0.5) is 8.78 Å². The molecule has 2 N–H and O–H groups in total. The maximum absolute atomic E-state index is 14.2. The molecule has 2 aliphatic carbocycles. The average molecular weight is 635 g/mol. The Morgan fingerprint density at radius 3 is 2.54 bits per heavy atom. The third-order valence-electron chi connectivity index (χ3n) is 9.43. The number of ether oxygens (including phenoxy) is 2. The van der Waals surface area contributed by atoms with Crippen LogP contribution in [0.3, 0.4) is 0 Å². The number of carbonyl (C=O) groups excluding carboxylic acids is 2. The Morgan fingerprint density at radius 1 is 1.09 bits per heavy atom. The third kappa shape index (κ3) is 5.88. The molecule has 5 atom stereocenters. The van der Waals surface area contributed by atoms with Gasteiger partial charge < -0.3 is 24.8 Å². The number of allylic oxidation sites excluding steroid dienone is 1. The number of aliphatic carboxylic acids is 1. The van der Waals surface area contributed by atoms with Crippen molar-refractivity contribution in [1.29, 1.82) is 0 Å². The zero-order valence-corrected chi connectivity index (χ0v) is 25.9. The molecule has 2 saturated carbocycles. The molecule has 2 fully saturated rings. The van der Waals surface area contributed by atoms with Crippen molar-refractivity contribution in [3.05, 3.63) is 59.7 Å². The number of hydrogen-bond acceptors (Lipinski definition) is 7. The van der Waals surface area contributed by atoms with E-state index < -0.39 is 47.0 Å². The number of aromatic nitrogens is 2. The number of carboxylic acid groups (broad SMARTS) is 1. The first-order chi connectivity index (χ1) is 22.0. The predicted molar refractivity (Wildman–Crippen MR) is 164 cm³/mol. The minimum absolute atomic E-state index is 0.0265. The second kappa shape index (κ2) is 12.3. The summed E-state index contributed by atoms with van der Waals surface area (Å²) in [7, 11) is 3.23. The van der Waals surface area contributed by atoms with Crippen LogP contribution in [0, 0.1) is 36.3 Å². The number of nitrogens with zero attached hydrogens (tertiary/aromatic N) is 3. The maximum Gasteiger partial charge on any atom is 0.330 e. The summed E-state index contributed by atoms with van der Waals surface area (Å²) in [6.07, 6.45) is 6.15. The standard InChI is InChI=1S/C34H36F2N4O6/c1-18-27(45-3)10-9-24-28(18)37-29(19-12-21(35)14-22(36)13-19)38-31(24)46-23-15-25-26(16-23)32(42)40(2)11-7-5-4-6-8-20-17-34(20,33(43)44)39-30(25)41/h6,8-10,12-14,20,23,25-26H,4-5,7,11,15-17H2,1-3H3,(H,39,41)(H,43,44)/t20-,23-,25-,26-,34-/m1/s1. The van der Waals surface area contributed by atoms with Crippen molar-refractivity contribution >= 4 is 28.7 Å². The van der Waals surface area contributed by atoms with Crippen LogP contribution in [-0.4, -0.2) is 70.1 Å². The zero-order valence-electron chi connectivity index (χ0n) is 25.9. The molecule has 6 rings (SSSR count). The normalized spacial score (nSPS) is 26.6. The van der Waals surface area contributed by atoms with Gasteiger partial charge >= 0.3 is 5.97 Å².